The van der Waals surface area contributed by atoms with Crippen LogP contribution in [0.1, 0.15) is 31.0 Å². The van der Waals surface area contributed by atoms with Gasteiger partial charge in [-0.15, -0.1) is 0 Å². The number of aromatic nitrogens is 3. The number of halogens is 3. The van der Waals surface area contributed by atoms with Crippen LogP contribution in [0.2, 0.25) is 0 Å². The topological polar surface area (TPSA) is 33.6 Å². The Labute approximate surface area is 89.3 Å². The van der Waals surface area contributed by atoms with Crippen molar-refractivity contribution >= 4 is 12.2 Å². The monoisotopic (exact) mass is 237 g/mol. The molecule has 0 spiro atoms. The Morgan fingerprint density at radius 1 is 1.47 bits per heavy atom. The summed E-state index contributed by atoms with van der Waals surface area (Å²) < 4.78 is 37.9. The average molecular weight is 237 g/mol. The first-order valence-electron chi connectivity index (χ1n) is 4.69. The van der Waals surface area contributed by atoms with E-state index in [9.17, 15) is 13.2 Å². The highest BCUT2D eigenvalue weighted by Crippen LogP contribution is 2.35. The Kier molecular flexibility index (Phi) is 2.57. The summed E-state index contributed by atoms with van der Waals surface area (Å²) in [5.74, 6) is 0.587. The first kappa shape index (κ1) is 10.7. The van der Waals surface area contributed by atoms with E-state index in [1.54, 1.807) is 0 Å². The van der Waals surface area contributed by atoms with Crippen molar-refractivity contribution in [2.75, 3.05) is 0 Å². The Morgan fingerprint density at radius 3 is 2.60 bits per heavy atom. The predicted octanol–water partition coefficient (Wildman–Crippen LogP) is 2.77. The van der Waals surface area contributed by atoms with Crippen molar-refractivity contribution in [3.8, 4) is 0 Å². The average Bonchev–Trinajstić information content (AvgIpc) is 2.30. The lowest BCUT2D eigenvalue weighted by atomic mass is 9.85. The molecule has 0 aliphatic heterocycles. The predicted molar refractivity (Wildman–Crippen MR) is 50.1 cm³/mol. The van der Waals surface area contributed by atoms with E-state index in [1.807, 2.05) is 0 Å². The third kappa shape index (κ3) is 2.22. The normalized spacial score (nSPS) is 17.8. The molecule has 2 rings (SSSR count). The number of rotatable bonds is 2. The van der Waals surface area contributed by atoms with E-state index < -0.39 is 12.7 Å². The van der Waals surface area contributed by atoms with Gasteiger partial charge in [-0.2, -0.15) is 18.3 Å². The first-order valence-corrected chi connectivity index (χ1v) is 5.10. The zero-order valence-electron chi connectivity index (χ0n) is 7.84. The lowest BCUT2D eigenvalue weighted by Gasteiger charge is -2.25. The molecular formula is C8H10F3N3S. The maximum absolute atomic E-state index is 12.3. The number of nitrogens with one attached hydrogen (secondary N) is 1. The molecule has 0 unspecified atom stereocenters. The van der Waals surface area contributed by atoms with E-state index in [1.165, 1.54) is 0 Å². The molecular weight excluding hydrogens is 227 g/mol. The van der Waals surface area contributed by atoms with Gasteiger partial charge in [-0.05, 0) is 25.1 Å². The minimum Gasteiger partial charge on any atom is -0.295 e. The molecule has 1 N–H and O–H groups in total. The number of nitrogens with zero attached hydrogens (tertiary/aromatic N) is 2. The van der Waals surface area contributed by atoms with E-state index in [2.05, 4.69) is 10.2 Å². The van der Waals surface area contributed by atoms with Crippen molar-refractivity contribution in [2.45, 2.75) is 37.9 Å². The standard InChI is InChI=1S/C8H10F3N3S/c9-8(10,11)4-14-6(5-2-1-3-5)12-13-7(14)15/h5H,1-4H2,(H,13,15). The Balaban J connectivity index is 2.27. The largest absolute Gasteiger partial charge is 0.406 e. The third-order valence-corrected chi connectivity index (χ3v) is 2.91. The molecule has 1 saturated carbocycles. The van der Waals surface area contributed by atoms with E-state index in [0.717, 1.165) is 23.8 Å². The fourth-order valence-electron chi connectivity index (χ4n) is 1.64. The smallest absolute Gasteiger partial charge is 0.295 e. The fourth-order valence-corrected chi connectivity index (χ4v) is 1.84. The number of hydrogen-bond donors (Lipinski definition) is 1. The van der Waals surface area contributed by atoms with E-state index in [4.69, 9.17) is 12.2 Å². The van der Waals surface area contributed by atoms with Crippen LogP contribution < -0.4 is 0 Å². The lowest BCUT2D eigenvalue weighted by Crippen LogP contribution is -2.23. The Morgan fingerprint density at radius 2 is 2.13 bits per heavy atom. The number of H-pyrrole nitrogens is 1. The number of alkyl halides is 3. The van der Waals surface area contributed by atoms with Gasteiger partial charge in [0.1, 0.15) is 12.4 Å². The molecule has 0 radical (unpaired) electrons. The molecule has 0 amide bonds. The van der Waals surface area contributed by atoms with Crippen molar-refractivity contribution < 1.29 is 13.2 Å². The van der Waals surface area contributed by atoms with Crippen LogP contribution in [0.4, 0.5) is 13.2 Å². The Hall–Kier alpha value is -0.850. The molecule has 1 fully saturated rings. The molecule has 1 aromatic rings. The summed E-state index contributed by atoms with van der Waals surface area (Å²) in [5.41, 5.74) is 0. The zero-order valence-corrected chi connectivity index (χ0v) is 8.66. The van der Waals surface area contributed by atoms with Crippen molar-refractivity contribution in [2.24, 2.45) is 0 Å². The van der Waals surface area contributed by atoms with Gasteiger partial charge in [-0.25, -0.2) is 0 Å². The third-order valence-electron chi connectivity index (χ3n) is 2.60. The molecule has 15 heavy (non-hydrogen) atoms. The van der Waals surface area contributed by atoms with E-state index in [0.29, 0.717) is 5.82 Å². The minimum absolute atomic E-state index is 0.0502. The highest BCUT2D eigenvalue weighted by molar-refractivity contribution is 7.71. The van der Waals surface area contributed by atoms with Crippen LogP contribution in [0.5, 0.6) is 0 Å². The van der Waals surface area contributed by atoms with Gasteiger partial charge in [0.25, 0.3) is 0 Å². The molecule has 1 heterocycles. The van der Waals surface area contributed by atoms with Crippen LogP contribution in [0.25, 0.3) is 0 Å². The molecule has 0 saturated heterocycles. The molecule has 7 heteroatoms. The first-order chi connectivity index (χ1) is 6.97. The second kappa shape index (κ2) is 3.62. The fraction of sp³-hybridized carbons (Fsp3) is 0.750. The van der Waals surface area contributed by atoms with Gasteiger partial charge in [0, 0.05) is 5.92 Å². The summed E-state index contributed by atoms with van der Waals surface area (Å²) >= 11 is 4.78. The lowest BCUT2D eigenvalue weighted by molar-refractivity contribution is -0.141. The van der Waals surface area contributed by atoms with E-state index in [-0.39, 0.29) is 10.7 Å². The molecule has 84 valence electrons. The highest BCUT2D eigenvalue weighted by Gasteiger charge is 2.32. The minimum atomic E-state index is -4.25. The van der Waals surface area contributed by atoms with Crippen molar-refractivity contribution in [3.05, 3.63) is 10.6 Å². The van der Waals surface area contributed by atoms with Gasteiger partial charge in [-0.1, -0.05) is 6.42 Å². The second-order valence-electron chi connectivity index (χ2n) is 3.72. The van der Waals surface area contributed by atoms with Crippen molar-refractivity contribution in [3.63, 3.8) is 0 Å². The van der Waals surface area contributed by atoms with Crippen LogP contribution in [0.3, 0.4) is 0 Å². The van der Waals surface area contributed by atoms with Gasteiger partial charge in [0.15, 0.2) is 4.77 Å². The van der Waals surface area contributed by atoms with Gasteiger partial charge < -0.3 is 0 Å². The number of hydrogen-bond acceptors (Lipinski definition) is 2. The molecule has 3 nitrogen and oxygen atoms in total. The maximum Gasteiger partial charge on any atom is 0.406 e. The summed E-state index contributed by atoms with van der Waals surface area (Å²) in [6.45, 7) is -1.05. The van der Waals surface area contributed by atoms with E-state index >= 15 is 0 Å². The quantitative estimate of drug-likeness (QED) is 0.802. The summed E-state index contributed by atoms with van der Waals surface area (Å²) in [5, 5.41) is 6.29. The maximum atomic E-state index is 12.3. The molecule has 0 bridgehead atoms. The van der Waals surface area contributed by atoms with Crippen LogP contribution in [-0.4, -0.2) is 20.9 Å². The molecule has 1 aromatic heterocycles. The molecule has 0 atom stereocenters. The molecule has 1 aliphatic carbocycles. The van der Waals surface area contributed by atoms with Crippen molar-refractivity contribution in [1.82, 2.24) is 14.8 Å². The SMILES string of the molecule is FC(F)(F)Cn1c(C2CCC2)n[nH]c1=S. The molecule has 1 aliphatic rings. The van der Waals surface area contributed by atoms with Crippen LogP contribution in [0.15, 0.2) is 0 Å². The second-order valence-corrected chi connectivity index (χ2v) is 4.10. The van der Waals surface area contributed by atoms with Crippen molar-refractivity contribution in [1.29, 1.82) is 0 Å². The summed E-state index contributed by atoms with van der Waals surface area (Å²) in [7, 11) is 0. The summed E-state index contributed by atoms with van der Waals surface area (Å²) in [6, 6.07) is 0. The van der Waals surface area contributed by atoms with Gasteiger partial charge in [-0.3, -0.25) is 9.67 Å². The van der Waals surface area contributed by atoms with Gasteiger partial charge >= 0.3 is 6.18 Å². The summed E-state index contributed by atoms with van der Waals surface area (Å²) in [6.07, 6.45) is -1.40. The molecule has 0 aromatic carbocycles. The number of aromatic amines is 1. The highest BCUT2D eigenvalue weighted by atomic mass is 32.1. The van der Waals surface area contributed by atoms with Crippen LogP contribution >= 0.6 is 12.2 Å². The zero-order chi connectivity index (χ0) is 11.1. The van der Waals surface area contributed by atoms with Gasteiger partial charge in [0.2, 0.25) is 0 Å². The Bertz CT molecular complexity index is 402. The van der Waals surface area contributed by atoms with Gasteiger partial charge in [0.05, 0.1) is 0 Å². The van der Waals surface area contributed by atoms with Crippen LogP contribution in [0, 0.1) is 4.77 Å². The van der Waals surface area contributed by atoms with Crippen LogP contribution in [-0.2, 0) is 6.54 Å². The summed E-state index contributed by atoms with van der Waals surface area (Å²) in [4.78, 5) is 0.